The van der Waals surface area contributed by atoms with Crippen molar-refractivity contribution in [3.63, 3.8) is 0 Å². The molecule has 0 fully saturated rings. The first-order chi connectivity index (χ1) is 12.2. The molecule has 0 aliphatic heterocycles. The van der Waals surface area contributed by atoms with Crippen LogP contribution in [-0.2, 0) is 10.2 Å². The Morgan fingerprint density at radius 2 is 1.58 bits per heavy atom. The fraction of sp³-hybridized carbons (Fsp3) is 0.316. The number of amides is 1. The van der Waals surface area contributed by atoms with Crippen LogP contribution in [0.25, 0.3) is 0 Å². The zero-order chi connectivity index (χ0) is 19.3. The summed E-state index contributed by atoms with van der Waals surface area (Å²) in [5.74, 6) is 0.0215. The SMILES string of the molecule is C[C@H](CNC(=O)c1ccc(N(C)S(=O)(=O)N(C)C)cc1)c1ccccc1. The predicted octanol–water partition coefficient (Wildman–Crippen LogP) is 2.46. The molecule has 0 radical (unpaired) electrons. The van der Waals surface area contributed by atoms with Crippen LogP contribution >= 0.6 is 0 Å². The minimum Gasteiger partial charge on any atom is -0.351 e. The molecule has 0 bridgehead atoms. The van der Waals surface area contributed by atoms with Crippen molar-refractivity contribution in [2.24, 2.45) is 0 Å². The fourth-order valence-electron chi connectivity index (χ4n) is 2.45. The second kappa shape index (κ2) is 8.33. The van der Waals surface area contributed by atoms with Gasteiger partial charge in [-0.05, 0) is 35.7 Å². The number of nitrogens with one attached hydrogen (secondary N) is 1. The number of nitrogens with zero attached hydrogens (tertiary/aromatic N) is 2. The van der Waals surface area contributed by atoms with E-state index in [1.807, 2.05) is 30.3 Å². The van der Waals surface area contributed by atoms with E-state index in [9.17, 15) is 13.2 Å². The van der Waals surface area contributed by atoms with E-state index in [0.29, 0.717) is 17.8 Å². The summed E-state index contributed by atoms with van der Waals surface area (Å²) in [7, 11) is 0.877. The summed E-state index contributed by atoms with van der Waals surface area (Å²) in [6.07, 6.45) is 0. The lowest BCUT2D eigenvalue weighted by molar-refractivity contribution is 0.0951. The van der Waals surface area contributed by atoms with E-state index < -0.39 is 10.2 Å². The highest BCUT2D eigenvalue weighted by Crippen LogP contribution is 2.18. The van der Waals surface area contributed by atoms with Gasteiger partial charge in [-0.3, -0.25) is 9.10 Å². The lowest BCUT2D eigenvalue weighted by Crippen LogP contribution is -2.37. The number of rotatable bonds is 7. The van der Waals surface area contributed by atoms with Crippen LogP contribution in [0.5, 0.6) is 0 Å². The molecule has 140 valence electrons. The van der Waals surface area contributed by atoms with Crippen molar-refractivity contribution in [1.29, 1.82) is 0 Å². The third-order valence-electron chi connectivity index (χ3n) is 4.24. The first kappa shape index (κ1) is 19.9. The van der Waals surface area contributed by atoms with Gasteiger partial charge >= 0.3 is 10.2 Å². The van der Waals surface area contributed by atoms with Crippen molar-refractivity contribution < 1.29 is 13.2 Å². The minimum absolute atomic E-state index is 0.183. The Bertz CT molecular complexity index is 834. The normalized spacial score (nSPS) is 12.7. The Labute approximate surface area is 155 Å². The quantitative estimate of drug-likeness (QED) is 0.808. The van der Waals surface area contributed by atoms with E-state index in [2.05, 4.69) is 12.2 Å². The minimum atomic E-state index is -3.55. The molecule has 26 heavy (non-hydrogen) atoms. The average Bonchev–Trinajstić information content (AvgIpc) is 2.65. The van der Waals surface area contributed by atoms with Crippen LogP contribution in [0.15, 0.2) is 54.6 Å². The molecule has 7 heteroatoms. The van der Waals surface area contributed by atoms with Gasteiger partial charge in [0.25, 0.3) is 5.91 Å². The Morgan fingerprint density at radius 1 is 1.00 bits per heavy atom. The standard InChI is InChI=1S/C19H25N3O3S/c1-15(16-8-6-5-7-9-16)14-20-19(23)17-10-12-18(13-11-17)22(4)26(24,25)21(2)3/h5-13,15H,14H2,1-4H3,(H,20,23)/t15-/m1/s1. The zero-order valence-electron chi connectivity index (χ0n) is 15.5. The molecule has 0 aliphatic carbocycles. The van der Waals surface area contributed by atoms with Crippen molar-refractivity contribution in [3.05, 3.63) is 65.7 Å². The molecule has 6 nitrogen and oxygen atoms in total. The third-order valence-corrected chi connectivity index (χ3v) is 6.06. The Kier molecular flexibility index (Phi) is 6.39. The van der Waals surface area contributed by atoms with E-state index in [1.54, 1.807) is 24.3 Å². The number of hydrogen-bond acceptors (Lipinski definition) is 3. The summed E-state index contributed by atoms with van der Waals surface area (Å²) in [6, 6.07) is 16.5. The maximum absolute atomic E-state index is 12.3. The second-order valence-electron chi connectivity index (χ2n) is 6.33. The molecule has 0 aliphatic rings. The Balaban J connectivity index is 2.00. The molecule has 2 aromatic rings. The molecule has 1 amide bonds. The van der Waals surface area contributed by atoms with Gasteiger partial charge in [-0.1, -0.05) is 37.3 Å². The molecule has 1 N–H and O–H groups in total. The number of carbonyl (C=O) groups is 1. The first-order valence-corrected chi connectivity index (χ1v) is 9.72. The van der Waals surface area contributed by atoms with Crippen molar-refractivity contribution in [2.45, 2.75) is 12.8 Å². The Morgan fingerprint density at radius 3 is 2.12 bits per heavy atom. The summed E-state index contributed by atoms with van der Waals surface area (Å²) in [5.41, 5.74) is 2.15. The molecule has 2 aromatic carbocycles. The second-order valence-corrected chi connectivity index (χ2v) is 8.50. The van der Waals surface area contributed by atoms with Crippen LogP contribution in [-0.4, -0.2) is 46.3 Å². The van der Waals surface area contributed by atoms with Crippen molar-refractivity contribution in [3.8, 4) is 0 Å². The number of hydrogen-bond donors (Lipinski definition) is 1. The lowest BCUT2D eigenvalue weighted by atomic mass is 10.0. The van der Waals surface area contributed by atoms with E-state index in [1.165, 1.54) is 31.0 Å². The number of anilines is 1. The first-order valence-electron chi connectivity index (χ1n) is 8.33. The molecule has 2 rings (SSSR count). The van der Waals surface area contributed by atoms with Crippen molar-refractivity contribution >= 4 is 21.8 Å². The van der Waals surface area contributed by atoms with Gasteiger partial charge in [-0.25, -0.2) is 0 Å². The van der Waals surface area contributed by atoms with E-state index in [4.69, 9.17) is 0 Å². The monoisotopic (exact) mass is 375 g/mol. The predicted molar refractivity (Wildman–Crippen MR) is 105 cm³/mol. The van der Waals surface area contributed by atoms with Gasteiger partial charge in [0.15, 0.2) is 0 Å². The van der Waals surface area contributed by atoms with E-state index in [-0.39, 0.29) is 11.8 Å². The van der Waals surface area contributed by atoms with Crippen molar-refractivity contribution in [1.82, 2.24) is 9.62 Å². The van der Waals surface area contributed by atoms with Crippen molar-refractivity contribution in [2.75, 3.05) is 32.0 Å². The summed E-state index contributed by atoms with van der Waals surface area (Å²) in [4.78, 5) is 12.3. The molecule has 0 aromatic heterocycles. The number of carbonyl (C=O) groups excluding carboxylic acids is 1. The highest BCUT2D eigenvalue weighted by molar-refractivity contribution is 7.90. The van der Waals surface area contributed by atoms with Gasteiger partial charge in [0.1, 0.15) is 0 Å². The largest absolute Gasteiger partial charge is 0.351 e. The fourth-order valence-corrected chi connectivity index (χ4v) is 3.33. The smallest absolute Gasteiger partial charge is 0.303 e. The van der Waals surface area contributed by atoms with Gasteiger partial charge < -0.3 is 5.32 Å². The summed E-state index contributed by atoms with van der Waals surface area (Å²) in [6.45, 7) is 2.58. The molecule has 0 saturated carbocycles. The molecule has 0 unspecified atom stereocenters. The lowest BCUT2D eigenvalue weighted by Gasteiger charge is -2.23. The molecular formula is C19H25N3O3S. The number of benzene rings is 2. The molecule has 0 heterocycles. The topological polar surface area (TPSA) is 69.7 Å². The van der Waals surface area contributed by atoms with Crippen LogP contribution in [0.2, 0.25) is 0 Å². The highest BCUT2D eigenvalue weighted by Gasteiger charge is 2.21. The van der Waals surface area contributed by atoms with Gasteiger partial charge in [0.2, 0.25) is 0 Å². The van der Waals surface area contributed by atoms with Gasteiger partial charge in [-0.15, -0.1) is 0 Å². The summed E-state index contributed by atoms with van der Waals surface area (Å²) < 4.78 is 26.6. The zero-order valence-corrected chi connectivity index (χ0v) is 16.3. The van der Waals surface area contributed by atoms with Crippen LogP contribution in [0.1, 0.15) is 28.8 Å². The van der Waals surface area contributed by atoms with Crippen LogP contribution < -0.4 is 9.62 Å². The van der Waals surface area contributed by atoms with Gasteiger partial charge in [0.05, 0.1) is 5.69 Å². The van der Waals surface area contributed by atoms with E-state index in [0.717, 1.165) is 4.31 Å². The average molecular weight is 375 g/mol. The molecule has 1 atom stereocenters. The summed E-state index contributed by atoms with van der Waals surface area (Å²) >= 11 is 0. The maximum Gasteiger partial charge on any atom is 0.303 e. The third kappa shape index (κ3) is 4.62. The molecule has 0 saturated heterocycles. The Hall–Kier alpha value is -2.38. The van der Waals surface area contributed by atoms with Crippen LogP contribution in [0.4, 0.5) is 5.69 Å². The van der Waals surface area contributed by atoms with Crippen LogP contribution in [0.3, 0.4) is 0 Å². The van der Waals surface area contributed by atoms with Crippen LogP contribution in [0, 0.1) is 0 Å². The molecule has 0 spiro atoms. The maximum atomic E-state index is 12.3. The van der Waals surface area contributed by atoms with Gasteiger partial charge in [0, 0.05) is 33.3 Å². The highest BCUT2D eigenvalue weighted by atomic mass is 32.2. The van der Waals surface area contributed by atoms with Gasteiger partial charge in [-0.2, -0.15) is 12.7 Å². The van der Waals surface area contributed by atoms with E-state index >= 15 is 0 Å². The molecular weight excluding hydrogens is 350 g/mol. The summed E-state index contributed by atoms with van der Waals surface area (Å²) in [5, 5.41) is 2.92.